The molecule has 7 heteroatoms. The molecule has 7 nitrogen and oxygen atoms in total. The Bertz CT molecular complexity index is 697. The van der Waals surface area contributed by atoms with E-state index in [0.717, 1.165) is 24.3 Å². The van der Waals surface area contributed by atoms with E-state index in [2.05, 4.69) is 20.3 Å². The second-order valence-corrected chi connectivity index (χ2v) is 5.54. The molecule has 0 aliphatic heterocycles. The van der Waals surface area contributed by atoms with Crippen molar-refractivity contribution < 1.29 is 4.74 Å². The van der Waals surface area contributed by atoms with E-state index in [4.69, 9.17) is 4.74 Å². The molecule has 1 N–H and O–H groups in total. The Labute approximate surface area is 135 Å². The van der Waals surface area contributed by atoms with Crippen LogP contribution in [0.5, 0.6) is 0 Å². The minimum absolute atomic E-state index is 0.180. The van der Waals surface area contributed by atoms with Crippen molar-refractivity contribution in [2.45, 2.75) is 13.5 Å². The number of ether oxygens (including phenoxy) is 1. The summed E-state index contributed by atoms with van der Waals surface area (Å²) in [5, 5.41) is 7.13. The fraction of sp³-hybridized carbons (Fsp3) is 0.438. The van der Waals surface area contributed by atoms with Crippen LogP contribution in [0.1, 0.15) is 11.3 Å². The zero-order valence-corrected chi connectivity index (χ0v) is 14.0. The Balaban J connectivity index is 2.04. The van der Waals surface area contributed by atoms with Crippen LogP contribution in [0, 0.1) is 6.92 Å². The number of aryl methyl sites for hydroxylation is 2. The van der Waals surface area contributed by atoms with Gasteiger partial charge in [0.05, 0.1) is 12.3 Å². The van der Waals surface area contributed by atoms with Gasteiger partial charge in [0.2, 0.25) is 0 Å². The Morgan fingerprint density at radius 3 is 2.83 bits per heavy atom. The predicted molar refractivity (Wildman–Crippen MR) is 89.9 cm³/mol. The monoisotopic (exact) mass is 317 g/mol. The van der Waals surface area contributed by atoms with Gasteiger partial charge in [-0.15, -0.1) is 0 Å². The number of anilines is 2. The lowest BCUT2D eigenvalue weighted by atomic mass is 10.2. The van der Waals surface area contributed by atoms with Crippen molar-refractivity contribution in [3.8, 4) is 0 Å². The third kappa shape index (κ3) is 4.87. The van der Waals surface area contributed by atoms with E-state index in [-0.39, 0.29) is 5.56 Å². The van der Waals surface area contributed by atoms with Crippen molar-refractivity contribution >= 4 is 11.5 Å². The van der Waals surface area contributed by atoms with E-state index in [1.165, 1.54) is 4.68 Å². The summed E-state index contributed by atoms with van der Waals surface area (Å²) in [5.41, 5.74) is 2.16. The summed E-state index contributed by atoms with van der Waals surface area (Å²) >= 11 is 0. The number of hydrogen-bond acceptors (Lipinski definition) is 6. The lowest BCUT2D eigenvalue weighted by molar-refractivity contribution is 0.158. The van der Waals surface area contributed by atoms with Gasteiger partial charge in [-0.2, -0.15) is 5.10 Å². The van der Waals surface area contributed by atoms with Crippen LogP contribution < -0.4 is 10.9 Å². The molecule has 0 amide bonds. The molecule has 23 heavy (non-hydrogen) atoms. The molecule has 0 fully saturated rings. The lowest BCUT2D eigenvalue weighted by Gasteiger charge is -2.16. The average molecular weight is 317 g/mol. The van der Waals surface area contributed by atoms with Crippen LogP contribution in [0.2, 0.25) is 0 Å². The summed E-state index contributed by atoms with van der Waals surface area (Å²) < 4.78 is 6.38. The Morgan fingerprint density at radius 1 is 1.39 bits per heavy atom. The van der Waals surface area contributed by atoms with Crippen LogP contribution in [0.25, 0.3) is 0 Å². The normalized spacial score (nSPS) is 11.0. The quantitative estimate of drug-likeness (QED) is 0.830. The third-order valence-corrected chi connectivity index (χ3v) is 3.40. The molecule has 0 saturated carbocycles. The highest BCUT2D eigenvalue weighted by atomic mass is 16.5. The van der Waals surface area contributed by atoms with Crippen molar-refractivity contribution in [1.82, 2.24) is 19.7 Å². The summed E-state index contributed by atoms with van der Waals surface area (Å²) in [5.74, 6) is 0.635. The number of rotatable bonds is 7. The number of hydrogen-bond donors (Lipinski definition) is 1. The van der Waals surface area contributed by atoms with Gasteiger partial charge in [0.15, 0.2) is 0 Å². The van der Waals surface area contributed by atoms with Crippen molar-refractivity contribution in [3.05, 3.63) is 46.0 Å². The number of methoxy groups -OCH3 is 1. The Hall–Kier alpha value is -2.25. The fourth-order valence-corrected chi connectivity index (χ4v) is 2.21. The maximum absolute atomic E-state index is 12.0. The molecule has 0 saturated heterocycles. The summed E-state index contributed by atoms with van der Waals surface area (Å²) in [6.45, 7) is 4.21. The van der Waals surface area contributed by atoms with E-state index >= 15 is 0 Å². The topological polar surface area (TPSA) is 72.3 Å². The fourth-order valence-electron chi connectivity index (χ4n) is 2.21. The van der Waals surface area contributed by atoms with Gasteiger partial charge >= 0.3 is 0 Å². The minimum Gasteiger partial charge on any atom is -0.383 e. The Kier molecular flexibility index (Phi) is 5.84. The smallest absolute Gasteiger partial charge is 0.290 e. The number of likely N-dealkylation sites (N-methyl/N-ethyl adjacent to an activating group) is 1. The van der Waals surface area contributed by atoms with Crippen molar-refractivity contribution in [2.24, 2.45) is 7.05 Å². The number of pyridine rings is 1. The largest absolute Gasteiger partial charge is 0.383 e. The molecule has 2 aromatic rings. The van der Waals surface area contributed by atoms with E-state index in [1.807, 2.05) is 32.3 Å². The Morgan fingerprint density at radius 2 is 2.17 bits per heavy atom. The van der Waals surface area contributed by atoms with Crippen LogP contribution in [-0.2, 0) is 18.3 Å². The molecule has 0 aromatic carbocycles. The van der Waals surface area contributed by atoms with Crippen LogP contribution >= 0.6 is 0 Å². The second-order valence-electron chi connectivity index (χ2n) is 5.54. The van der Waals surface area contributed by atoms with Gasteiger partial charge in [-0.05, 0) is 31.7 Å². The van der Waals surface area contributed by atoms with E-state index in [9.17, 15) is 4.79 Å². The molecule has 0 radical (unpaired) electrons. The SMILES string of the molecule is COCCN(C)Cc1ccc(Nc2cc(C)nn(C)c2=O)nc1. The summed E-state index contributed by atoms with van der Waals surface area (Å²) in [6.07, 6.45) is 1.81. The zero-order chi connectivity index (χ0) is 16.8. The first-order valence-electron chi connectivity index (χ1n) is 7.44. The highest BCUT2D eigenvalue weighted by Crippen LogP contribution is 2.12. The third-order valence-electron chi connectivity index (χ3n) is 3.40. The lowest BCUT2D eigenvalue weighted by Crippen LogP contribution is -2.23. The van der Waals surface area contributed by atoms with Gasteiger partial charge in [-0.3, -0.25) is 9.69 Å². The van der Waals surface area contributed by atoms with Gasteiger partial charge in [-0.25, -0.2) is 9.67 Å². The summed E-state index contributed by atoms with van der Waals surface area (Å²) in [4.78, 5) is 18.6. The molecule has 0 aliphatic rings. The van der Waals surface area contributed by atoms with Gasteiger partial charge in [-0.1, -0.05) is 6.07 Å². The number of nitrogens with zero attached hydrogens (tertiary/aromatic N) is 4. The molecule has 0 spiro atoms. The van der Waals surface area contributed by atoms with Crippen LogP contribution in [0.15, 0.2) is 29.2 Å². The van der Waals surface area contributed by atoms with Gasteiger partial charge in [0, 0.05) is 33.4 Å². The van der Waals surface area contributed by atoms with Crippen LogP contribution in [0.3, 0.4) is 0 Å². The molecule has 0 unspecified atom stereocenters. The van der Waals surface area contributed by atoms with Crippen LogP contribution in [0.4, 0.5) is 11.5 Å². The highest BCUT2D eigenvalue weighted by molar-refractivity contribution is 5.55. The minimum atomic E-state index is -0.180. The first kappa shape index (κ1) is 17.1. The van der Waals surface area contributed by atoms with E-state index in [0.29, 0.717) is 18.1 Å². The zero-order valence-electron chi connectivity index (χ0n) is 14.0. The van der Waals surface area contributed by atoms with E-state index < -0.39 is 0 Å². The molecule has 2 rings (SSSR count). The first-order chi connectivity index (χ1) is 11.0. The summed E-state index contributed by atoms with van der Waals surface area (Å²) in [6, 6.07) is 5.59. The average Bonchev–Trinajstić information content (AvgIpc) is 2.52. The second kappa shape index (κ2) is 7.85. The van der Waals surface area contributed by atoms with Crippen LogP contribution in [-0.4, -0.2) is 47.0 Å². The van der Waals surface area contributed by atoms with Crippen molar-refractivity contribution in [2.75, 3.05) is 32.6 Å². The molecular weight excluding hydrogens is 294 g/mol. The van der Waals surface area contributed by atoms with Crippen molar-refractivity contribution in [1.29, 1.82) is 0 Å². The predicted octanol–water partition coefficient (Wildman–Crippen LogP) is 1.31. The first-order valence-corrected chi connectivity index (χ1v) is 7.44. The molecule has 2 aromatic heterocycles. The van der Waals surface area contributed by atoms with Crippen molar-refractivity contribution in [3.63, 3.8) is 0 Å². The maximum atomic E-state index is 12.0. The molecule has 0 aliphatic carbocycles. The number of nitrogens with one attached hydrogen (secondary N) is 1. The molecule has 0 bridgehead atoms. The molecule has 2 heterocycles. The standard InChI is InChI=1S/C16H23N5O2/c1-12-9-14(16(22)21(3)19-12)18-15-6-5-13(10-17-15)11-20(2)7-8-23-4/h5-6,9-10H,7-8,11H2,1-4H3,(H,17,18). The number of aromatic nitrogens is 3. The molecule has 0 atom stereocenters. The molecular formula is C16H23N5O2. The van der Waals surface area contributed by atoms with Gasteiger partial charge in [0.25, 0.3) is 5.56 Å². The van der Waals surface area contributed by atoms with Gasteiger partial charge < -0.3 is 10.1 Å². The maximum Gasteiger partial charge on any atom is 0.290 e. The van der Waals surface area contributed by atoms with Gasteiger partial charge in [0.1, 0.15) is 11.5 Å². The van der Waals surface area contributed by atoms with E-state index in [1.54, 1.807) is 20.2 Å². The summed E-state index contributed by atoms with van der Waals surface area (Å²) in [7, 11) is 5.36. The molecule has 124 valence electrons. The highest BCUT2D eigenvalue weighted by Gasteiger charge is 2.06.